The summed E-state index contributed by atoms with van der Waals surface area (Å²) in [4.78, 5) is 0. The molecule has 1 aliphatic carbocycles. The molecule has 1 N–H and O–H groups in total. The van der Waals surface area contributed by atoms with Gasteiger partial charge in [-0.1, -0.05) is 36.7 Å². The lowest BCUT2D eigenvalue weighted by Crippen LogP contribution is -2.64. The van der Waals surface area contributed by atoms with Crippen LogP contribution in [0.2, 0.25) is 0 Å². The summed E-state index contributed by atoms with van der Waals surface area (Å²) in [5.41, 5.74) is 1.49. The molecule has 20 heavy (non-hydrogen) atoms. The van der Waals surface area contributed by atoms with Crippen LogP contribution in [0.3, 0.4) is 0 Å². The number of hydrogen-bond donors (Lipinski definition) is 1. The fourth-order valence-electron chi connectivity index (χ4n) is 3.54. The maximum absolute atomic E-state index is 6.35. The van der Waals surface area contributed by atoms with Crippen molar-refractivity contribution in [3.63, 3.8) is 0 Å². The first kappa shape index (κ1) is 15.8. The maximum Gasteiger partial charge on any atom is 0.122 e. The highest BCUT2D eigenvalue weighted by Gasteiger charge is 2.53. The predicted octanol–water partition coefficient (Wildman–Crippen LogP) is 4.69. The van der Waals surface area contributed by atoms with Crippen molar-refractivity contribution in [1.82, 2.24) is 5.32 Å². The molecule has 2 nitrogen and oxygen atoms in total. The van der Waals surface area contributed by atoms with Crippen LogP contribution in [0.1, 0.15) is 45.6 Å². The second kappa shape index (κ2) is 6.48. The van der Waals surface area contributed by atoms with Gasteiger partial charge in [0, 0.05) is 22.4 Å². The number of aryl methyl sites for hydroxylation is 1. The summed E-state index contributed by atoms with van der Waals surface area (Å²) in [6, 6.07) is 6.86. The van der Waals surface area contributed by atoms with Crippen molar-refractivity contribution in [2.75, 3.05) is 6.54 Å². The molecule has 1 aliphatic rings. The molecule has 0 heterocycles. The van der Waals surface area contributed by atoms with Crippen molar-refractivity contribution >= 4 is 15.9 Å². The Kier molecular flexibility index (Phi) is 5.14. The molecule has 0 aliphatic heterocycles. The van der Waals surface area contributed by atoms with Gasteiger partial charge in [0.25, 0.3) is 0 Å². The summed E-state index contributed by atoms with van der Waals surface area (Å²) in [7, 11) is 0. The van der Waals surface area contributed by atoms with Crippen molar-refractivity contribution in [3.05, 3.63) is 28.2 Å². The molecule has 2 unspecified atom stereocenters. The van der Waals surface area contributed by atoms with E-state index in [0.29, 0.717) is 12.1 Å². The molecule has 0 amide bonds. The number of rotatable bonds is 6. The Balaban J connectivity index is 2.13. The SMILES string of the molecule is CCNC1CC(Oc2ccc(Br)cc2C)C1(CC)CC. The van der Waals surface area contributed by atoms with Crippen LogP contribution in [0, 0.1) is 12.3 Å². The number of ether oxygens (including phenoxy) is 1. The Labute approximate surface area is 131 Å². The van der Waals surface area contributed by atoms with E-state index >= 15 is 0 Å². The second-order valence-electron chi connectivity index (χ2n) is 5.80. The minimum absolute atomic E-state index is 0.287. The molecule has 0 radical (unpaired) electrons. The molecular weight excluding hydrogens is 314 g/mol. The van der Waals surface area contributed by atoms with Gasteiger partial charge in [0.1, 0.15) is 11.9 Å². The molecule has 0 spiro atoms. The minimum atomic E-state index is 0.287. The first-order valence-corrected chi connectivity index (χ1v) is 8.52. The average Bonchev–Trinajstić information content (AvgIpc) is 2.41. The zero-order chi connectivity index (χ0) is 14.8. The third-order valence-electron chi connectivity index (χ3n) is 4.96. The first-order valence-electron chi connectivity index (χ1n) is 7.73. The van der Waals surface area contributed by atoms with Crippen LogP contribution in [0.5, 0.6) is 5.75 Å². The van der Waals surface area contributed by atoms with E-state index in [2.05, 4.69) is 67.1 Å². The van der Waals surface area contributed by atoms with Crippen LogP contribution in [0.4, 0.5) is 0 Å². The van der Waals surface area contributed by atoms with Crippen molar-refractivity contribution in [1.29, 1.82) is 0 Å². The second-order valence-corrected chi connectivity index (χ2v) is 6.72. The zero-order valence-electron chi connectivity index (χ0n) is 13.0. The Hall–Kier alpha value is -0.540. The number of benzene rings is 1. The lowest BCUT2D eigenvalue weighted by atomic mass is 9.58. The molecule has 0 saturated heterocycles. The Morgan fingerprint density at radius 1 is 1.30 bits per heavy atom. The topological polar surface area (TPSA) is 21.3 Å². The van der Waals surface area contributed by atoms with Gasteiger partial charge in [0.2, 0.25) is 0 Å². The van der Waals surface area contributed by atoms with Gasteiger partial charge in [-0.3, -0.25) is 0 Å². The highest BCUT2D eigenvalue weighted by atomic mass is 79.9. The first-order chi connectivity index (χ1) is 9.57. The lowest BCUT2D eigenvalue weighted by Gasteiger charge is -2.55. The Bertz CT molecular complexity index is 456. The minimum Gasteiger partial charge on any atom is -0.489 e. The molecular formula is C17H26BrNO. The Morgan fingerprint density at radius 3 is 2.55 bits per heavy atom. The molecule has 112 valence electrons. The number of halogens is 1. The largest absolute Gasteiger partial charge is 0.489 e. The van der Waals surface area contributed by atoms with Crippen molar-refractivity contribution in [3.8, 4) is 5.75 Å². The van der Waals surface area contributed by atoms with Crippen LogP contribution in [-0.2, 0) is 0 Å². The van der Waals surface area contributed by atoms with Gasteiger partial charge in [0.05, 0.1) is 0 Å². The van der Waals surface area contributed by atoms with E-state index in [1.807, 2.05) is 0 Å². The predicted molar refractivity (Wildman–Crippen MR) is 88.4 cm³/mol. The van der Waals surface area contributed by atoms with E-state index in [4.69, 9.17) is 4.74 Å². The van der Waals surface area contributed by atoms with Gasteiger partial charge < -0.3 is 10.1 Å². The van der Waals surface area contributed by atoms with Crippen LogP contribution < -0.4 is 10.1 Å². The molecule has 1 aromatic rings. The summed E-state index contributed by atoms with van der Waals surface area (Å²) < 4.78 is 7.46. The third-order valence-corrected chi connectivity index (χ3v) is 5.45. The summed E-state index contributed by atoms with van der Waals surface area (Å²) in [6.45, 7) is 9.91. The monoisotopic (exact) mass is 339 g/mol. The van der Waals surface area contributed by atoms with Crippen LogP contribution in [-0.4, -0.2) is 18.7 Å². The number of hydrogen-bond acceptors (Lipinski definition) is 2. The summed E-state index contributed by atoms with van der Waals surface area (Å²) in [6.07, 6.45) is 3.79. The average molecular weight is 340 g/mol. The molecule has 3 heteroatoms. The third kappa shape index (κ3) is 2.75. The van der Waals surface area contributed by atoms with Crippen LogP contribution in [0.15, 0.2) is 22.7 Å². The van der Waals surface area contributed by atoms with E-state index < -0.39 is 0 Å². The lowest BCUT2D eigenvalue weighted by molar-refractivity contribution is -0.0856. The van der Waals surface area contributed by atoms with Gasteiger partial charge in [-0.05, 0) is 50.1 Å². The summed E-state index contributed by atoms with van der Waals surface area (Å²) >= 11 is 3.51. The van der Waals surface area contributed by atoms with Gasteiger partial charge in [-0.2, -0.15) is 0 Å². The zero-order valence-corrected chi connectivity index (χ0v) is 14.6. The van der Waals surface area contributed by atoms with Crippen molar-refractivity contribution in [2.45, 2.75) is 59.1 Å². The molecule has 1 fully saturated rings. The maximum atomic E-state index is 6.35. The van der Waals surface area contributed by atoms with Crippen molar-refractivity contribution < 1.29 is 4.74 Å². The molecule has 0 bridgehead atoms. The smallest absolute Gasteiger partial charge is 0.122 e. The highest BCUT2D eigenvalue weighted by Crippen LogP contribution is 2.49. The van der Waals surface area contributed by atoms with Gasteiger partial charge in [-0.15, -0.1) is 0 Å². The van der Waals surface area contributed by atoms with E-state index in [-0.39, 0.29) is 5.41 Å². The number of nitrogens with one attached hydrogen (secondary N) is 1. The van der Waals surface area contributed by atoms with E-state index in [1.165, 1.54) is 18.4 Å². The molecule has 0 aromatic heterocycles. The summed E-state index contributed by atoms with van der Waals surface area (Å²) in [5, 5.41) is 3.63. The highest BCUT2D eigenvalue weighted by molar-refractivity contribution is 9.10. The van der Waals surface area contributed by atoms with E-state index in [0.717, 1.165) is 23.2 Å². The fourth-order valence-corrected chi connectivity index (χ4v) is 4.02. The molecule has 1 saturated carbocycles. The fraction of sp³-hybridized carbons (Fsp3) is 0.647. The normalized spacial score (nSPS) is 24.2. The van der Waals surface area contributed by atoms with Gasteiger partial charge in [0.15, 0.2) is 0 Å². The van der Waals surface area contributed by atoms with Gasteiger partial charge in [-0.25, -0.2) is 0 Å². The van der Waals surface area contributed by atoms with E-state index in [9.17, 15) is 0 Å². The quantitative estimate of drug-likeness (QED) is 0.811. The molecule has 2 rings (SSSR count). The molecule has 2 atom stereocenters. The van der Waals surface area contributed by atoms with Crippen LogP contribution >= 0.6 is 15.9 Å². The van der Waals surface area contributed by atoms with Crippen LogP contribution in [0.25, 0.3) is 0 Å². The molecule has 1 aromatic carbocycles. The summed E-state index contributed by atoms with van der Waals surface area (Å²) in [5.74, 6) is 1.03. The van der Waals surface area contributed by atoms with E-state index in [1.54, 1.807) is 0 Å². The standard InChI is InChI=1S/C17H26BrNO/c1-5-17(6-2)15(19-7-3)11-16(17)20-14-9-8-13(18)10-12(14)4/h8-10,15-16,19H,5-7,11H2,1-4H3. The van der Waals surface area contributed by atoms with Crippen molar-refractivity contribution in [2.24, 2.45) is 5.41 Å². The Morgan fingerprint density at radius 2 is 2.00 bits per heavy atom. The van der Waals surface area contributed by atoms with Gasteiger partial charge >= 0.3 is 0 Å².